The highest BCUT2D eigenvalue weighted by molar-refractivity contribution is 7.07. The maximum Gasteiger partial charge on any atom is 0.335 e. The Morgan fingerprint density at radius 2 is 2.13 bits per heavy atom. The van der Waals surface area contributed by atoms with Gasteiger partial charge in [0, 0.05) is 17.8 Å². The number of carboxylic acid groups (broad SMARTS) is 1. The number of nitrogens with zero attached hydrogens (tertiary/aromatic N) is 3. The first-order valence-corrected chi connectivity index (χ1v) is 8.69. The van der Waals surface area contributed by atoms with Crippen LogP contribution in [0.3, 0.4) is 0 Å². The molecule has 120 valence electrons. The maximum atomic E-state index is 11.2. The molecule has 3 aromatic rings. The highest BCUT2D eigenvalue weighted by Gasteiger charge is 2.18. The molecule has 2 aromatic heterocycles. The second kappa shape index (κ2) is 6.50. The summed E-state index contributed by atoms with van der Waals surface area (Å²) >= 11 is 1.57. The number of carboxylic acids is 1. The lowest BCUT2D eigenvalue weighted by Gasteiger charge is -2.18. The third kappa shape index (κ3) is 2.99. The van der Waals surface area contributed by atoms with Crippen LogP contribution in [0, 0.1) is 0 Å². The van der Waals surface area contributed by atoms with E-state index in [1.165, 1.54) is 0 Å². The molecule has 0 unspecified atom stereocenters. The molecule has 0 radical (unpaired) electrons. The van der Waals surface area contributed by atoms with Gasteiger partial charge in [-0.2, -0.15) is 0 Å². The summed E-state index contributed by atoms with van der Waals surface area (Å²) in [6.07, 6.45) is 2.68. The van der Waals surface area contributed by atoms with Crippen LogP contribution in [-0.4, -0.2) is 25.6 Å². The molecule has 23 heavy (non-hydrogen) atoms. The zero-order valence-electron chi connectivity index (χ0n) is 13.2. The lowest BCUT2D eigenvalue weighted by atomic mass is 10.1. The van der Waals surface area contributed by atoms with Crippen molar-refractivity contribution >= 4 is 28.3 Å². The SMILES string of the molecule is CCC(CC)n1c(Cc2cscn2)nc2cc(C(=O)O)ccc21. The molecule has 0 spiro atoms. The van der Waals surface area contributed by atoms with Crippen molar-refractivity contribution in [2.24, 2.45) is 0 Å². The topological polar surface area (TPSA) is 68.0 Å². The average Bonchev–Trinajstić information content (AvgIpc) is 3.16. The molecule has 0 fully saturated rings. The number of thiazole rings is 1. The second-order valence-electron chi connectivity index (χ2n) is 5.53. The van der Waals surface area contributed by atoms with Gasteiger partial charge in [0.25, 0.3) is 0 Å². The van der Waals surface area contributed by atoms with Crippen LogP contribution in [0.5, 0.6) is 0 Å². The van der Waals surface area contributed by atoms with Crippen molar-refractivity contribution < 1.29 is 9.90 Å². The van der Waals surface area contributed by atoms with Gasteiger partial charge in [-0.1, -0.05) is 13.8 Å². The first kappa shape index (κ1) is 15.7. The molecule has 0 bridgehead atoms. The number of hydrogen-bond acceptors (Lipinski definition) is 4. The van der Waals surface area contributed by atoms with Crippen LogP contribution in [0.4, 0.5) is 0 Å². The van der Waals surface area contributed by atoms with E-state index in [1.807, 2.05) is 17.0 Å². The molecule has 0 amide bonds. The summed E-state index contributed by atoms with van der Waals surface area (Å²) in [6, 6.07) is 5.53. The Hall–Kier alpha value is -2.21. The number of fused-ring (bicyclic) bond motifs is 1. The molecule has 0 atom stereocenters. The van der Waals surface area contributed by atoms with Crippen molar-refractivity contribution in [2.75, 3.05) is 0 Å². The molecule has 2 heterocycles. The molecule has 3 rings (SSSR count). The van der Waals surface area contributed by atoms with E-state index in [4.69, 9.17) is 4.98 Å². The summed E-state index contributed by atoms with van der Waals surface area (Å²) in [5.74, 6) is 0.0205. The first-order valence-electron chi connectivity index (χ1n) is 7.75. The quantitative estimate of drug-likeness (QED) is 0.738. The fourth-order valence-corrected chi connectivity index (χ4v) is 3.51. The number of aromatic nitrogens is 3. The Kier molecular flexibility index (Phi) is 4.43. The molecular formula is C17H19N3O2S. The molecular weight excluding hydrogens is 310 g/mol. The molecule has 0 saturated carbocycles. The van der Waals surface area contributed by atoms with Gasteiger partial charge in [0.05, 0.1) is 27.8 Å². The highest BCUT2D eigenvalue weighted by atomic mass is 32.1. The van der Waals surface area contributed by atoms with Gasteiger partial charge in [-0.15, -0.1) is 11.3 Å². The number of carbonyl (C=O) groups is 1. The van der Waals surface area contributed by atoms with Crippen molar-refractivity contribution in [3.05, 3.63) is 46.2 Å². The zero-order chi connectivity index (χ0) is 16.4. The molecule has 0 aliphatic rings. The molecule has 1 aromatic carbocycles. The van der Waals surface area contributed by atoms with Gasteiger partial charge < -0.3 is 9.67 Å². The lowest BCUT2D eigenvalue weighted by molar-refractivity contribution is 0.0697. The lowest BCUT2D eigenvalue weighted by Crippen LogP contribution is -2.11. The van der Waals surface area contributed by atoms with Crippen molar-refractivity contribution in [1.29, 1.82) is 0 Å². The Labute approximate surface area is 138 Å². The highest BCUT2D eigenvalue weighted by Crippen LogP contribution is 2.27. The molecule has 0 saturated heterocycles. The smallest absolute Gasteiger partial charge is 0.335 e. The second-order valence-corrected chi connectivity index (χ2v) is 6.25. The Balaban J connectivity index is 2.15. The first-order chi connectivity index (χ1) is 11.1. The van der Waals surface area contributed by atoms with E-state index in [0.717, 1.165) is 35.4 Å². The average molecular weight is 329 g/mol. The molecule has 6 heteroatoms. The van der Waals surface area contributed by atoms with E-state index in [9.17, 15) is 9.90 Å². The van der Waals surface area contributed by atoms with Crippen LogP contribution >= 0.6 is 11.3 Å². The summed E-state index contributed by atoms with van der Waals surface area (Å²) in [4.78, 5) is 20.3. The third-order valence-electron chi connectivity index (χ3n) is 4.14. The molecule has 1 N–H and O–H groups in total. The van der Waals surface area contributed by atoms with Crippen LogP contribution in [-0.2, 0) is 6.42 Å². The number of benzene rings is 1. The maximum absolute atomic E-state index is 11.2. The molecule has 0 aliphatic carbocycles. The number of imidazole rings is 1. The zero-order valence-corrected chi connectivity index (χ0v) is 14.0. The standard InChI is InChI=1S/C17H19N3O2S/c1-3-13(4-2)20-15-6-5-11(17(21)22)7-14(15)19-16(20)8-12-9-23-10-18-12/h5-7,9-10,13H,3-4,8H2,1-2H3,(H,21,22). The summed E-state index contributed by atoms with van der Waals surface area (Å²) < 4.78 is 2.25. The van der Waals surface area contributed by atoms with Gasteiger partial charge in [-0.25, -0.2) is 14.8 Å². The van der Waals surface area contributed by atoms with E-state index in [-0.39, 0.29) is 5.56 Å². The van der Waals surface area contributed by atoms with Crippen LogP contribution < -0.4 is 0 Å². The predicted octanol–water partition coefficient (Wildman–Crippen LogP) is 4.14. The Morgan fingerprint density at radius 1 is 1.35 bits per heavy atom. The van der Waals surface area contributed by atoms with Gasteiger partial charge in [-0.3, -0.25) is 0 Å². The van der Waals surface area contributed by atoms with Crippen molar-refractivity contribution in [2.45, 2.75) is 39.2 Å². The monoisotopic (exact) mass is 329 g/mol. The van der Waals surface area contributed by atoms with Crippen molar-refractivity contribution in [1.82, 2.24) is 14.5 Å². The summed E-state index contributed by atoms with van der Waals surface area (Å²) in [5.41, 5.74) is 4.82. The molecule has 0 aliphatic heterocycles. The van der Waals surface area contributed by atoms with Gasteiger partial charge in [0.15, 0.2) is 0 Å². The van der Waals surface area contributed by atoms with Crippen LogP contribution in [0.25, 0.3) is 11.0 Å². The normalized spacial score (nSPS) is 11.4. The van der Waals surface area contributed by atoms with Gasteiger partial charge in [0.2, 0.25) is 0 Å². The summed E-state index contributed by atoms with van der Waals surface area (Å²) in [7, 11) is 0. The van der Waals surface area contributed by atoms with Crippen molar-refractivity contribution in [3.63, 3.8) is 0 Å². The van der Waals surface area contributed by atoms with Crippen LogP contribution in [0.2, 0.25) is 0 Å². The van der Waals surface area contributed by atoms with Crippen molar-refractivity contribution in [3.8, 4) is 0 Å². The summed E-state index contributed by atoms with van der Waals surface area (Å²) in [6.45, 7) is 4.33. The summed E-state index contributed by atoms with van der Waals surface area (Å²) in [5, 5.41) is 11.2. The van der Waals surface area contributed by atoms with Crippen LogP contribution in [0.15, 0.2) is 29.1 Å². The predicted molar refractivity (Wildman–Crippen MR) is 91.2 cm³/mol. The van der Waals surface area contributed by atoms with E-state index < -0.39 is 5.97 Å². The van der Waals surface area contributed by atoms with E-state index in [0.29, 0.717) is 12.5 Å². The minimum Gasteiger partial charge on any atom is -0.478 e. The Bertz CT molecular complexity index is 820. The van der Waals surface area contributed by atoms with E-state index in [2.05, 4.69) is 23.4 Å². The van der Waals surface area contributed by atoms with Crippen LogP contribution in [0.1, 0.15) is 54.6 Å². The van der Waals surface area contributed by atoms with Gasteiger partial charge in [-0.05, 0) is 31.0 Å². The minimum atomic E-state index is -0.926. The fourth-order valence-electron chi connectivity index (χ4n) is 2.95. The van der Waals surface area contributed by atoms with Gasteiger partial charge in [0.1, 0.15) is 5.82 Å². The number of hydrogen-bond donors (Lipinski definition) is 1. The largest absolute Gasteiger partial charge is 0.478 e. The molecule has 5 nitrogen and oxygen atoms in total. The number of rotatable bonds is 6. The van der Waals surface area contributed by atoms with E-state index in [1.54, 1.807) is 23.5 Å². The van der Waals surface area contributed by atoms with Gasteiger partial charge >= 0.3 is 5.97 Å². The van der Waals surface area contributed by atoms with E-state index >= 15 is 0 Å². The third-order valence-corrected chi connectivity index (χ3v) is 4.78. The Morgan fingerprint density at radius 3 is 2.74 bits per heavy atom. The minimum absolute atomic E-state index is 0.270. The fraction of sp³-hybridized carbons (Fsp3) is 0.353. The number of aromatic carboxylic acids is 1.